The molecule has 18 heavy (non-hydrogen) atoms. The highest BCUT2D eigenvalue weighted by atomic mass is 19.1. The SMILES string of the molecule is CNC(=O)C(C)Oc1ccc(F)cc1C(C)NC. The lowest BCUT2D eigenvalue weighted by Gasteiger charge is -2.19. The van der Waals surface area contributed by atoms with E-state index in [-0.39, 0.29) is 17.8 Å². The molecule has 0 aliphatic carbocycles. The first kappa shape index (κ1) is 14.4. The Bertz CT molecular complexity index is 423. The number of hydrogen-bond acceptors (Lipinski definition) is 3. The van der Waals surface area contributed by atoms with Crippen LogP contribution in [0.25, 0.3) is 0 Å². The molecule has 0 spiro atoms. The third-order valence-electron chi connectivity index (χ3n) is 2.79. The minimum atomic E-state index is -0.622. The fourth-order valence-corrected chi connectivity index (χ4v) is 1.57. The summed E-state index contributed by atoms with van der Waals surface area (Å²) in [6.07, 6.45) is -0.622. The Morgan fingerprint density at radius 3 is 2.56 bits per heavy atom. The number of amides is 1. The lowest BCUT2D eigenvalue weighted by atomic mass is 10.1. The van der Waals surface area contributed by atoms with Gasteiger partial charge in [-0.1, -0.05) is 0 Å². The van der Waals surface area contributed by atoms with E-state index >= 15 is 0 Å². The van der Waals surface area contributed by atoms with Crippen LogP contribution in [0.1, 0.15) is 25.5 Å². The molecule has 5 heteroatoms. The summed E-state index contributed by atoms with van der Waals surface area (Å²) in [4.78, 5) is 11.4. The first-order valence-electron chi connectivity index (χ1n) is 5.84. The molecule has 1 rings (SSSR count). The summed E-state index contributed by atoms with van der Waals surface area (Å²) in [5.41, 5.74) is 0.688. The predicted molar refractivity (Wildman–Crippen MR) is 68.0 cm³/mol. The second-order valence-electron chi connectivity index (χ2n) is 4.07. The van der Waals surface area contributed by atoms with Crippen LogP contribution in [-0.4, -0.2) is 26.1 Å². The third-order valence-corrected chi connectivity index (χ3v) is 2.79. The second kappa shape index (κ2) is 6.35. The molecule has 0 fully saturated rings. The van der Waals surface area contributed by atoms with Crippen molar-refractivity contribution in [3.63, 3.8) is 0 Å². The zero-order chi connectivity index (χ0) is 13.7. The molecule has 0 radical (unpaired) electrons. The Morgan fingerprint density at radius 1 is 1.33 bits per heavy atom. The molecule has 1 aromatic rings. The van der Waals surface area contributed by atoms with Crippen LogP contribution < -0.4 is 15.4 Å². The average Bonchev–Trinajstić information content (AvgIpc) is 2.38. The zero-order valence-corrected chi connectivity index (χ0v) is 11.1. The number of carbonyl (C=O) groups excluding carboxylic acids is 1. The molecule has 0 heterocycles. The standard InChI is InChI=1S/C13H19FN2O2/c1-8(15-3)11-7-10(14)5-6-12(11)18-9(2)13(17)16-4/h5-9,15H,1-4H3,(H,16,17). The lowest BCUT2D eigenvalue weighted by Crippen LogP contribution is -2.34. The first-order valence-corrected chi connectivity index (χ1v) is 5.84. The molecule has 0 aliphatic heterocycles. The summed E-state index contributed by atoms with van der Waals surface area (Å²) in [5, 5.41) is 5.52. The Balaban J connectivity index is 2.97. The van der Waals surface area contributed by atoms with E-state index < -0.39 is 6.10 Å². The van der Waals surface area contributed by atoms with E-state index in [1.807, 2.05) is 6.92 Å². The molecule has 2 atom stereocenters. The van der Waals surface area contributed by atoms with Gasteiger partial charge in [0.2, 0.25) is 0 Å². The normalized spacial score (nSPS) is 13.8. The number of benzene rings is 1. The number of nitrogens with one attached hydrogen (secondary N) is 2. The van der Waals surface area contributed by atoms with Crippen molar-refractivity contribution in [3.05, 3.63) is 29.6 Å². The maximum absolute atomic E-state index is 13.2. The van der Waals surface area contributed by atoms with Crippen molar-refractivity contribution in [1.29, 1.82) is 0 Å². The molecule has 0 aliphatic rings. The van der Waals surface area contributed by atoms with Crippen LogP contribution in [0, 0.1) is 5.82 Å². The van der Waals surface area contributed by atoms with Gasteiger partial charge in [0.05, 0.1) is 0 Å². The maximum Gasteiger partial charge on any atom is 0.260 e. The summed E-state index contributed by atoms with van der Waals surface area (Å²) in [6, 6.07) is 4.20. The Morgan fingerprint density at radius 2 is 2.00 bits per heavy atom. The molecule has 1 amide bonds. The van der Waals surface area contributed by atoms with Gasteiger partial charge in [-0.05, 0) is 39.1 Å². The van der Waals surface area contributed by atoms with Crippen LogP contribution in [0.3, 0.4) is 0 Å². The van der Waals surface area contributed by atoms with E-state index in [1.54, 1.807) is 21.0 Å². The van der Waals surface area contributed by atoms with Gasteiger partial charge in [0.15, 0.2) is 6.10 Å². The van der Waals surface area contributed by atoms with E-state index in [2.05, 4.69) is 10.6 Å². The molecule has 2 N–H and O–H groups in total. The predicted octanol–water partition coefficient (Wildman–Crippen LogP) is 1.62. The number of likely N-dealkylation sites (N-methyl/N-ethyl adjacent to an activating group) is 1. The van der Waals surface area contributed by atoms with Gasteiger partial charge in [-0.2, -0.15) is 0 Å². The summed E-state index contributed by atoms with van der Waals surface area (Å²) < 4.78 is 18.8. The highest BCUT2D eigenvalue weighted by Crippen LogP contribution is 2.26. The van der Waals surface area contributed by atoms with Gasteiger partial charge in [0.25, 0.3) is 5.91 Å². The molecule has 0 aromatic heterocycles. The summed E-state index contributed by atoms with van der Waals surface area (Å²) >= 11 is 0. The molecule has 2 unspecified atom stereocenters. The molecule has 4 nitrogen and oxygen atoms in total. The third kappa shape index (κ3) is 3.43. The maximum atomic E-state index is 13.2. The molecule has 100 valence electrons. The number of ether oxygens (including phenoxy) is 1. The van der Waals surface area contributed by atoms with Crippen LogP contribution in [-0.2, 0) is 4.79 Å². The summed E-state index contributed by atoms with van der Waals surface area (Å²) in [6.45, 7) is 3.54. The molecule has 0 bridgehead atoms. The van der Waals surface area contributed by atoms with Gasteiger partial charge in [-0.25, -0.2) is 4.39 Å². The summed E-state index contributed by atoms with van der Waals surface area (Å²) in [7, 11) is 3.32. The molecular formula is C13H19FN2O2. The van der Waals surface area contributed by atoms with Gasteiger partial charge in [-0.3, -0.25) is 4.79 Å². The highest BCUT2D eigenvalue weighted by Gasteiger charge is 2.17. The second-order valence-corrected chi connectivity index (χ2v) is 4.07. The van der Waals surface area contributed by atoms with Crippen LogP contribution in [0.2, 0.25) is 0 Å². The monoisotopic (exact) mass is 254 g/mol. The summed E-state index contributed by atoms with van der Waals surface area (Å²) in [5.74, 6) is -0.0382. The van der Waals surface area contributed by atoms with Crippen molar-refractivity contribution >= 4 is 5.91 Å². The van der Waals surface area contributed by atoms with E-state index in [0.717, 1.165) is 0 Å². The molecule has 0 saturated carbocycles. The van der Waals surface area contributed by atoms with Gasteiger partial charge >= 0.3 is 0 Å². The Hall–Kier alpha value is -1.62. The fourth-order valence-electron chi connectivity index (χ4n) is 1.57. The topological polar surface area (TPSA) is 50.4 Å². The van der Waals surface area contributed by atoms with Gasteiger partial charge in [-0.15, -0.1) is 0 Å². The largest absolute Gasteiger partial charge is 0.481 e. The van der Waals surface area contributed by atoms with E-state index in [0.29, 0.717) is 11.3 Å². The smallest absolute Gasteiger partial charge is 0.260 e. The number of hydrogen-bond donors (Lipinski definition) is 2. The van der Waals surface area contributed by atoms with Crippen LogP contribution in [0.15, 0.2) is 18.2 Å². The Kier molecular flexibility index (Phi) is 5.09. The van der Waals surface area contributed by atoms with Gasteiger partial charge in [0.1, 0.15) is 11.6 Å². The molecule has 0 saturated heterocycles. The fraction of sp³-hybridized carbons (Fsp3) is 0.462. The number of rotatable bonds is 5. The van der Waals surface area contributed by atoms with Crippen molar-refractivity contribution in [2.24, 2.45) is 0 Å². The van der Waals surface area contributed by atoms with Crippen molar-refractivity contribution in [3.8, 4) is 5.75 Å². The number of carbonyl (C=O) groups is 1. The zero-order valence-electron chi connectivity index (χ0n) is 11.1. The van der Waals surface area contributed by atoms with Gasteiger partial charge < -0.3 is 15.4 Å². The highest BCUT2D eigenvalue weighted by molar-refractivity contribution is 5.80. The first-order chi connectivity index (χ1) is 8.49. The van der Waals surface area contributed by atoms with Crippen molar-refractivity contribution in [2.75, 3.05) is 14.1 Å². The van der Waals surface area contributed by atoms with Crippen molar-refractivity contribution in [1.82, 2.24) is 10.6 Å². The Labute approximate surface area is 107 Å². The molecule has 1 aromatic carbocycles. The minimum Gasteiger partial charge on any atom is -0.481 e. The van der Waals surface area contributed by atoms with Crippen molar-refractivity contribution in [2.45, 2.75) is 26.0 Å². The average molecular weight is 254 g/mol. The van der Waals surface area contributed by atoms with E-state index in [1.165, 1.54) is 18.2 Å². The number of halogens is 1. The molecular weight excluding hydrogens is 235 g/mol. The van der Waals surface area contributed by atoms with Crippen molar-refractivity contribution < 1.29 is 13.9 Å². The van der Waals surface area contributed by atoms with Crippen LogP contribution in [0.5, 0.6) is 5.75 Å². The van der Waals surface area contributed by atoms with Crippen LogP contribution >= 0.6 is 0 Å². The minimum absolute atomic E-state index is 0.0624. The quantitative estimate of drug-likeness (QED) is 0.839. The van der Waals surface area contributed by atoms with E-state index in [4.69, 9.17) is 4.74 Å². The lowest BCUT2D eigenvalue weighted by molar-refractivity contribution is -0.126. The van der Waals surface area contributed by atoms with E-state index in [9.17, 15) is 9.18 Å². The van der Waals surface area contributed by atoms with Crippen LogP contribution in [0.4, 0.5) is 4.39 Å². The van der Waals surface area contributed by atoms with Gasteiger partial charge in [0, 0.05) is 18.7 Å².